The molecule has 6 heteroatoms. The Bertz CT molecular complexity index is 477. The average molecular weight is 255 g/mol. The first-order chi connectivity index (χ1) is 7.63. The van der Waals surface area contributed by atoms with Gasteiger partial charge in [0.15, 0.2) is 0 Å². The van der Waals surface area contributed by atoms with Gasteiger partial charge in [-0.3, -0.25) is 0 Å². The van der Waals surface area contributed by atoms with E-state index in [0.717, 1.165) is 16.5 Å². The lowest BCUT2D eigenvalue weighted by atomic mass is 10.5. The number of aryl methyl sites for hydroxylation is 2. The fourth-order valence-corrected chi connectivity index (χ4v) is 2.21. The summed E-state index contributed by atoms with van der Waals surface area (Å²) in [5, 5.41) is 6.67. The minimum absolute atomic E-state index is 0.449. The Morgan fingerprint density at radius 3 is 2.75 bits per heavy atom. The van der Waals surface area contributed by atoms with Gasteiger partial charge in [0.2, 0.25) is 0 Å². The van der Waals surface area contributed by atoms with E-state index in [1.165, 1.54) is 0 Å². The Morgan fingerprint density at radius 2 is 2.12 bits per heavy atom. The van der Waals surface area contributed by atoms with E-state index in [9.17, 15) is 0 Å². The Kier molecular flexibility index (Phi) is 3.36. The highest BCUT2D eigenvalue weighted by Gasteiger charge is 2.01. The molecule has 16 heavy (non-hydrogen) atoms. The Hall–Kier alpha value is -1.20. The summed E-state index contributed by atoms with van der Waals surface area (Å²) in [5.41, 5.74) is 1.04. The summed E-state index contributed by atoms with van der Waals surface area (Å²) in [7, 11) is 0. The van der Waals surface area contributed by atoms with Crippen LogP contribution in [0.1, 0.15) is 16.5 Å². The van der Waals surface area contributed by atoms with Gasteiger partial charge in [0.25, 0.3) is 0 Å². The minimum atomic E-state index is 0.449. The summed E-state index contributed by atoms with van der Waals surface area (Å²) in [4.78, 5) is 12.6. The molecule has 0 spiro atoms. The first-order valence-corrected chi connectivity index (χ1v) is 6.05. The molecule has 0 amide bonds. The summed E-state index contributed by atoms with van der Waals surface area (Å²) in [6.07, 6.45) is 0. The zero-order valence-corrected chi connectivity index (χ0v) is 10.6. The van der Waals surface area contributed by atoms with Crippen LogP contribution in [0.4, 0.5) is 5.82 Å². The molecule has 0 saturated carbocycles. The summed E-state index contributed by atoms with van der Waals surface area (Å²) >= 11 is 7.46. The number of aromatic nitrogens is 3. The van der Waals surface area contributed by atoms with Crippen molar-refractivity contribution in [1.82, 2.24) is 15.0 Å². The first-order valence-electron chi connectivity index (χ1n) is 4.79. The highest BCUT2D eigenvalue weighted by Crippen LogP contribution is 2.14. The van der Waals surface area contributed by atoms with Crippen LogP contribution < -0.4 is 5.32 Å². The van der Waals surface area contributed by atoms with Crippen LogP contribution in [0.2, 0.25) is 5.15 Å². The number of rotatable bonds is 3. The van der Waals surface area contributed by atoms with Crippen molar-refractivity contribution in [2.45, 2.75) is 20.4 Å². The second-order valence-corrected chi connectivity index (χ2v) is 4.69. The van der Waals surface area contributed by atoms with Gasteiger partial charge >= 0.3 is 0 Å². The van der Waals surface area contributed by atoms with Gasteiger partial charge in [-0.15, -0.1) is 11.3 Å². The van der Waals surface area contributed by atoms with Gasteiger partial charge in [-0.1, -0.05) is 11.6 Å². The van der Waals surface area contributed by atoms with Gasteiger partial charge in [0.05, 0.1) is 6.54 Å². The largest absolute Gasteiger partial charge is 0.363 e. The summed E-state index contributed by atoms with van der Waals surface area (Å²) in [6, 6.07) is 1.70. The van der Waals surface area contributed by atoms with E-state index < -0.39 is 0 Å². The predicted molar refractivity (Wildman–Crippen MR) is 66.0 cm³/mol. The van der Waals surface area contributed by atoms with Crippen molar-refractivity contribution in [2.75, 3.05) is 5.32 Å². The third-order valence-electron chi connectivity index (χ3n) is 1.89. The molecule has 0 aromatic carbocycles. The molecule has 0 atom stereocenters. The van der Waals surface area contributed by atoms with Crippen LogP contribution in [-0.4, -0.2) is 15.0 Å². The fraction of sp³-hybridized carbons (Fsp3) is 0.300. The van der Waals surface area contributed by atoms with Crippen LogP contribution in [0, 0.1) is 13.8 Å². The molecule has 0 aliphatic rings. The van der Waals surface area contributed by atoms with E-state index in [1.54, 1.807) is 17.4 Å². The zero-order chi connectivity index (χ0) is 11.5. The number of halogens is 1. The number of hydrogen-bond donors (Lipinski definition) is 1. The minimum Gasteiger partial charge on any atom is -0.363 e. The number of nitrogens with zero attached hydrogens (tertiary/aromatic N) is 3. The number of thiazole rings is 1. The number of nitrogens with one attached hydrogen (secondary N) is 1. The van der Waals surface area contributed by atoms with E-state index in [4.69, 9.17) is 11.6 Å². The molecule has 4 nitrogen and oxygen atoms in total. The topological polar surface area (TPSA) is 50.7 Å². The van der Waals surface area contributed by atoms with Crippen LogP contribution >= 0.6 is 22.9 Å². The normalized spacial score (nSPS) is 10.4. The standard InChI is InChI=1S/C10H11ClN4S/c1-6-5-16-10(13-6)4-12-9-3-8(11)14-7(2)15-9/h3,5H,4H2,1-2H3,(H,12,14,15). The second kappa shape index (κ2) is 4.76. The molecule has 2 rings (SSSR count). The van der Waals surface area contributed by atoms with E-state index in [-0.39, 0.29) is 0 Å². The van der Waals surface area contributed by atoms with Gasteiger partial charge in [0.1, 0.15) is 21.8 Å². The monoisotopic (exact) mass is 254 g/mol. The highest BCUT2D eigenvalue weighted by molar-refractivity contribution is 7.09. The van der Waals surface area contributed by atoms with Crippen LogP contribution in [0.3, 0.4) is 0 Å². The van der Waals surface area contributed by atoms with Gasteiger partial charge in [-0.05, 0) is 13.8 Å². The van der Waals surface area contributed by atoms with Crippen molar-refractivity contribution in [3.05, 3.63) is 33.1 Å². The molecular weight excluding hydrogens is 244 g/mol. The molecule has 0 unspecified atom stereocenters. The number of anilines is 1. The maximum Gasteiger partial charge on any atom is 0.134 e. The molecule has 0 bridgehead atoms. The summed E-state index contributed by atoms with van der Waals surface area (Å²) in [5.74, 6) is 1.38. The molecular formula is C10H11ClN4S. The lowest BCUT2D eigenvalue weighted by Gasteiger charge is -2.04. The molecule has 2 aromatic heterocycles. The summed E-state index contributed by atoms with van der Waals surface area (Å²) in [6.45, 7) is 4.45. The van der Waals surface area contributed by atoms with Crippen molar-refractivity contribution in [3.63, 3.8) is 0 Å². The molecule has 0 aliphatic carbocycles. The first kappa shape index (κ1) is 11.3. The van der Waals surface area contributed by atoms with Crippen molar-refractivity contribution in [2.24, 2.45) is 0 Å². The summed E-state index contributed by atoms with van der Waals surface area (Å²) < 4.78 is 0. The van der Waals surface area contributed by atoms with Gasteiger partial charge < -0.3 is 5.32 Å². The lowest BCUT2D eigenvalue weighted by Crippen LogP contribution is -2.02. The van der Waals surface area contributed by atoms with Gasteiger partial charge in [0, 0.05) is 17.1 Å². The van der Waals surface area contributed by atoms with E-state index in [1.807, 2.05) is 19.2 Å². The highest BCUT2D eigenvalue weighted by atomic mass is 35.5. The van der Waals surface area contributed by atoms with E-state index >= 15 is 0 Å². The fourth-order valence-electron chi connectivity index (χ4n) is 1.27. The van der Waals surface area contributed by atoms with Crippen LogP contribution in [0.5, 0.6) is 0 Å². The third-order valence-corrected chi connectivity index (χ3v) is 3.05. The van der Waals surface area contributed by atoms with Crippen LogP contribution in [0.25, 0.3) is 0 Å². The van der Waals surface area contributed by atoms with E-state index in [2.05, 4.69) is 20.3 Å². The maximum absolute atomic E-state index is 5.83. The van der Waals surface area contributed by atoms with E-state index in [0.29, 0.717) is 17.5 Å². The zero-order valence-electron chi connectivity index (χ0n) is 8.99. The lowest BCUT2D eigenvalue weighted by molar-refractivity contribution is 1.01. The predicted octanol–water partition coefficient (Wildman–Crippen LogP) is 2.82. The molecule has 2 aromatic rings. The van der Waals surface area contributed by atoms with Crippen molar-refractivity contribution in [1.29, 1.82) is 0 Å². The average Bonchev–Trinajstić information content (AvgIpc) is 2.60. The van der Waals surface area contributed by atoms with Crippen molar-refractivity contribution < 1.29 is 0 Å². The molecule has 0 fully saturated rings. The third kappa shape index (κ3) is 2.90. The molecule has 2 heterocycles. The van der Waals surface area contributed by atoms with Crippen molar-refractivity contribution >= 4 is 28.8 Å². The van der Waals surface area contributed by atoms with Crippen LogP contribution in [-0.2, 0) is 6.54 Å². The molecule has 1 N–H and O–H groups in total. The van der Waals surface area contributed by atoms with Crippen LogP contribution in [0.15, 0.2) is 11.4 Å². The molecule has 0 aliphatic heterocycles. The Labute approximate surface area is 103 Å². The number of hydrogen-bond acceptors (Lipinski definition) is 5. The second-order valence-electron chi connectivity index (χ2n) is 3.36. The maximum atomic E-state index is 5.83. The molecule has 0 radical (unpaired) electrons. The Morgan fingerprint density at radius 1 is 1.31 bits per heavy atom. The smallest absolute Gasteiger partial charge is 0.134 e. The SMILES string of the molecule is Cc1csc(CNc2cc(Cl)nc(C)n2)n1. The molecule has 84 valence electrons. The van der Waals surface area contributed by atoms with Gasteiger partial charge in [-0.2, -0.15) is 0 Å². The quantitative estimate of drug-likeness (QED) is 0.856. The Balaban J connectivity index is 2.04. The molecule has 0 saturated heterocycles. The van der Waals surface area contributed by atoms with Gasteiger partial charge in [-0.25, -0.2) is 15.0 Å². The van der Waals surface area contributed by atoms with Crippen molar-refractivity contribution in [3.8, 4) is 0 Å².